The van der Waals surface area contributed by atoms with E-state index in [0.717, 1.165) is 24.2 Å². The van der Waals surface area contributed by atoms with Crippen molar-refractivity contribution in [3.63, 3.8) is 0 Å². The number of carbonyl (C=O) groups is 1. The van der Waals surface area contributed by atoms with Gasteiger partial charge in [-0.1, -0.05) is 12.1 Å². The second-order valence-corrected chi connectivity index (χ2v) is 5.52. The van der Waals surface area contributed by atoms with Gasteiger partial charge in [0.25, 0.3) is 0 Å². The lowest BCUT2D eigenvalue weighted by Crippen LogP contribution is -2.28. The van der Waals surface area contributed by atoms with Crippen LogP contribution in [0.25, 0.3) is 6.08 Å². The third-order valence-corrected chi connectivity index (χ3v) is 3.46. The SMILES string of the molecule is CC(O)CNC(=O)/C=C/c1cccc(OC2CCCC2)c1. The molecule has 0 saturated heterocycles. The number of ether oxygens (including phenoxy) is 1. The van der Waals surface area contributed by atoms with Gasteiger partial charge in [-0.05, 0) is 56.4 Å². The van der Waals surface area contributed by atoms with E-state index in [-0.39, 0.29) is 12.5 Å². The molecule has 1 aromatic carbocycles. The Morgan fingerprint density at radius 2 is 2.24 bits per heavy atom. The predicted molar refractivity (Wildman–Crippen MR) is 83.1 cm³/mol. The number of nitrogens with one attached hydrogen (secondary N) is 1. The molecule has 114 valence electrons. The number of aliphatic hydroxyl groups excluding tert-OH is 1. The van der Waals surface area contributed by atoms with Gasteiger partial charge in [-0.25, -0.2) is 0 Å². The highest BCUT2D eigenvalue weighted by atomic mass is 16.5. The van der Waals surface area contributed by atoms with E-state index in [9.17, 15) is 4.79 Å². The lowest BCUT2D eigenvalue weighted by molar-refractivity contribution is -0.116. The van der Waals surface area contributed by atoms with Gasteiger partial charge in [-0.3, -0.25) is 4.79 Å². The molecule has 1 fully saturated rings. The predicted octanol–water partition coefficient (Wildman–Crippen LogP) is 2.52. The Hall–Kier alpha value is -1.81. The van der Waals surface area contributed by atoms with Crippen LogP contribution < -0.4 is 10.1 Å². The number of aliphatic hydroxyl groups is 1. The molecule has 0 aliphatic heterocycles. The van der Waals surface area contributed by atoms with Crippen LogP contribution in [0.5, 0.6) is 5.75 Å². The fraction of sp³-hybridized carbons (Fsp3) is 0.471. The van der Waals surface area contributed by atoms with Crippen LogP contribution in [0.15, 0.2) is 30.3 Å². The molecule has 1 aromatic rings. The van der Waals surface area contributed by atoms with Crippen LogP contribution in [-0.2, 0) is 4.79 Å². The van der Waals surface area contributed by atoms with E-state index in [1.165, 1.54) is 18.9 Å². The van der Waals surface area contributed by atoms with Crippen LogP contribution in [0.4, 0.5) is 0 Å². The van der Waals surface area contributed by atoms with Crippen molar-refractivity contribution in [3.05, 3.63) is 35.9 Å². The van der Waals surface area contributed by atoms with Gasteiger partial charge in [-0.2, -0.15) is 0 Å². The molecule has 0 spiro atoms. The molecule has 1 atom stereocenters. The zero-order valence-electron chi connectivity index (χ0n) is 12.4. The van der Waals surface area contributed by atoms with Crippen molar-refractivity contribution in [2.75, 3.05) is 6.54 Å². The molecule has 4 heteroatoms. The van der Waals surface area contributed by atoms with E-state index in [1.54, 1.807) is 13.0 Å². The molecular weight excluding hydrogens is 266 g/mol. The van der Waals surface area contributed by atoms with Crippen molar-refractivity contribution in [3.8, 4) is 5.75 Å². The topological polar surface area (TPSA) is 58.6 Å². The third kappa shape index (κ3) is 5.60. The average molecular weight is 289 g/mol. The van der Waals surface area contributed by atoms with Crippen molar-refractivity contribution in [1.82, 2.24) is 5.32 Å². The van der Waals surface area contributed by atoms with Gasteiger partial charge in [0.1, 0.15) is 5.75 Å². The molecule has 0 heterocycles. The summed E-state index contributed by atoms with van der Waals surface area (Å²) in [7, 11) is 0. The molecule has 1 saturated carbocycles. The lowest BCUT2D eigenvalue weighted by Gasteiger charge is -2.13. The maximum absolute atomic E-state index is 11.5. The van der Waals surface area contributed by atoms with Crippen molar-refractivity contribution in [1.29, 1.82) is 0 Å². The normalized spacial score (nSPS) is 17.0. The summed E-state index contributed by atoms with van der Waals surface area (Å²) in [6.07, 6.45) is 7.75. The van der Waals surface area contributed by atoms with E-state index < -0.39 is 6.10 Å². The molecule has 21 heavy (non-hydrogen) atoms. The quantitative estimate of drug-likeness (QED) is 0.791. The lowest BCUT2D eigenvalue weighted by atomic mass is 10.2. The van der Waals surface area contributed by atoms with Crippen LogP contribution in [0.1, 0.15) is 38.2 Å². The Balaban J connectivity index is 1.89. The summed E-state index contributed by atoms with van der Waals surface area (Å²) >= 11 is 0. The molecule has 0 bridgehead atoms. The first-order valence-corrected chi connectivity index (χ1v) is 7.54. The molecule has 0 radical (unpaired) electrons. The van der Waals surface area contributed by atoms with Crippen molar-refractivity contribution in [2.24, 2.45) is 0 Å². The summed E-state index contributed by atoms with van der Waals surface area (Å²) in [6.45, 7) is 1.89. The minimum atomic E-state index is -0.537. The summed E-state index contributed by atoms with van der Waals surface area (Å²) in [5.41, 5.74) is 0.928. The minimum absolute atomic E-state index is 0.210. The van der Waals surface area contributed by atoms with Gasteiger partial charge in [0.05, 0.1) is 12.2 Å². The molecule has 1 aliphatic carbocycles. The number of carbonyl (C=O) groups excluding carboxylic acids is 1. The van der Waals surface area contributed by atoms with E-state index >= 15 is 0 Å². The van der Waals surface area contributed by atoms with Gasteiger partial charge in [-0.15, -0.1) is 0 Å². The largest absolute Gasteiger partial charge is 0.490 e. The first-order chi connectivity index (χ1) is 10.1. The third-order valence-electron chi connectivity index (χ3n) is 3.46. The molecule has 1 unspecified atom stereocenters. The first-order valence-electron chi connectivity index (χ1n) is 7.54. The Kier molecular flexibility index (Phi) is 5.81. The van der Waals surface area contributed by atoms with Crippen molar-refractivity contribution in [2.45, 2.75) is 44.8 Å². The summed E-state index contributed by atoms with van der Waals surface area (Å²) in [5, 5.41) is 11.7. The number of hydrogen-bond donors (Lipinski definition) is 2. The summed E-state index contributed by atoms with van der Waals surface area (Å²) in [6, 6.07) is 7.75. The molecule has 1 aliphatic rings. The zero-order chi connectivity index (χ0) is 15.1. The van der Waals surface area contributed by atoms with Gasteiger partial charge >= 0.3 is 0 Å². The number of rotatable bonds is 6. The summed E-state index contributed by atoms with van der Waals surface area (Å²) in [4.78, 5) is 11.5. The van der Waals surface area contributed by atoms with Crippen LogP contribution in [0.2, 0.25) is 0 Å². The van der Waals surface area contributed by atoms with Gasteiger partial charge < -0.3 is 15.2 Å². The van der Waals surface area contributed by atoms with E-state index in [2.05, 4.69) is 5.32 Å². The second-order valence-electron chi connectivity index (χ2n) is 5.52. The molecule has 0 aromatic heterocycles. The number of amides is 1. The van der Waals surface area contributed by atoms with Crippen molar-refractivity contribution < 1.29 is 14.6 Å². The Morgan fingerprint density at radius 1 is 1.48 bits per heavy atom. The van der Waals surface area contributed by atoms with Gasteiger partial charge in [0.15, 0.2) is 0 Å². The average Bonchev–Trinajstić information content (AvgIpc) is 2.96. The van der Waals surface area contributed by atoms with Crippen LogP contribution >= 0.6 is 0 Å². The highest BCUT2D eigenvalue weighted by Gasteiger charge is 2.16. The molecular formula is C17H23NO3. The fourth-order valence-electron chi connectivity index (χ4n) is 2.37. The molecule has 1 amide bonds. The van der Waals surface area contributed by atoms with Crippen LogP contribution in [0, 0.1) is 0 Å². The highest BCUT2D eigenvalue weighted by Crippen LogP contribution is 2.24. The molecule has 4 nitrogen and oxygen atoms in total. The smallest absolute Gasteiger partial charge is 0.244 e. The first kappa shape index (κ1) is 15.6. The second kappa shape index (κ2) is 7.84. The maximum atomic E-state index is 11.5. The van der Waals surface area contributed by atoms with Crippen LogP contribution in [0.3, 0.4) is 0 Å². The Labute approximate surface area is 125 Å². The summed E-state index contributed by atoms with van der Waals surface area (Å²) < 4.78 is 5.93. The monoisotopic (exact) mass is 289 g/mol. The van der Waals surface area contributed by atoms with Gasteiger partial charge in [0, 0.05) is 12.6 Å². The Bertz CT molecular complexity index is 491. The molecule has 2 rings (SSSR count). The fourth-order valence-corrected chi connectivity index (χ4v) is 2.37. The minimum Gasteiger partial charge on any atom is -0.490 e. The van der Waals surface area contributed by atoms with E-state index in [4.69, 9.17) is 9.84 Å². The number of benzene rings is 1. The summed E-state index contributed by atoms with van der Waals surface area (Å²) in [5.74, 6) is 0.645. The van der Waals surface area contributed by atoms with Gasteiger partial charge in [0.2, 0.25) is 5.91 Å². The van der Waals surface area contributed by atoms with Crippen LogP contribution in [-0.4, -0.2) is 29.8 Å². The highest BCUT2D eigenvalue weighted by molar-refractivity contribution is 5.91. The number of hydrogen-bond acceptors (Lipinski definition) is 3. The van der Waals surface area contributed by atoms with E-state index in [0.29, 0.717) is 6.10 Å². The van der Waals surface area contributed by atoms with E-state index in [1.807, 2.05) is 24.3 Å². The van der Waals surface area contributed by atoms with Crippen molar-refractivity contribution >= 4 is 12.0 Å². The maximum Gasteiger partial charge on any atom is 0.244 e. The Morgan fingerprint density at radius 3 is 2.95 bits per heavy atom. The standard InChI is InChI=1S/C17H23NO3/c1-13(19)12-18-17(20)10-9-14-5-4-8-16(11-14)21-15-6-2-3-7-15/h4-5,8-11,13,15,19H,2-3,6-7,12H2,1H3,(H,18,20)/b10-9+. The molecule has 2 N–H and O–H groups in total. The zero-order valence-corrected chi connectivity index (χ0v) is 12.4.